The lowest BCUT2D eigenvalue weighted by molar-refractivity contribution is 0.0735. The van der Waals surface area contributed by atoms with E-state index in [-0.39, 0.29) is 11.1 Å². The quantitative estimate of drug-likeness (QED) is 0.192. The number of hydrogen-bond acceptors (Lipinski definition) is 2. The largest absolute Gasteiger partial charge is 0.423 e. The van der Waals surface area contributed by atoms with E-state index >= 15 is 0 Å². The van der Waals surface area contributed by atoms with Crippen LogP contribution in [0.2, 0.25) is 0 Å². The first-order valence-corrected chi connectivity index (χ1v) is 10.9. The molecule has 1 aliphatic rings. The zero-order chi connectivity index (χ0) is 22.5. The number of carbonyl (C=O) groups is 1. The molecule has 0 unspecified atom stereocenters. The fourth-order valence-corrected chi connectivity index (χ4v) is 4.08. The average molecular weight is 430 g/mol. The molecule has 1 saturated carbocycles. The van der Waals surface area contributed by atoms with Crippen molar-refractivity contribution in [3.8, 4) is 17.6 Å². The van der Waals surface area contributed by atoms with Crippen LogP contribution in [-0.4, -0.2) is 5.97 Å². The zero-order valence-electron chi connectivity index (χ0n) is 17.9. The highest BCUT2D eigenvalue weighted by atomic mass is 19.2. The summed E-state index contributed by atoms with van der Waals surface area (Å²) in [5, 5.41) is 0.600. The Labute approximate surface area is 186 Å². The van der Waals surface area contributed by atoms with Crippen molar-refractivity contribution in [2.45, 2.75) is 32.6 Å². The maximum Gasteiger partial charge on any atom is 0.343 e. The Morgan fingerprint density at radius 3 is 2.47 bits per heavy atom. The van der Waals surface area contributed by atoms with Gasteiger partial charge in [0.25, 0.3) is 0 Å². The standard InChI is InChI=1S/C28H24F2O2/c1-2-3-19-4-6-20(7-5-19)8-9-21-10-12-22(13-11-21)28(31)32-24-15-16-25-23(18-24)14-17-26(29)27(25)30/h2-3,10-20H,4-7H2,1H3/b3-2+. The number of esters is 1. The van der Waals surface area contributed by atoms with Gasteiger partial charge in [0.2, 0.25) is 0 Å². The molecule has 4 rings (SSSR count). The Bertz CT molecular complexity index is 1210. The van der Waals surface area contributed by atoms with Crippen LogP contribution in [0.5, 0.6) is 5.75 Å². The molecule has 0 heterocycles. The summed E-state index contributed by atoms with van der Waals surface area (Å²) in [6.45, 7) is 2.07. The average Bonchev–Trinajstić information content (AvgIpc) is 2.81. The Morgan fingerprint density at radius 1 is 1.00 bits per heavy atom. The Hall–Kier alpha value is -3.45. The number of allylic oxidation sites excluding steroid dienone is 2. The molecule has 162 valence electrons. The molecular weight excluding hydrogens is 406 g/mol. The van der Waals surface area contributed by atoms with E-state index in [9.17, 15) is 13.6 Å². The molecule has 0 spiro atoms. The minimum absolute atomic E-state index is 0.142. The number of fused-ring (bicyclic) bond motifs is 1. The first-order valence-electron chi connectivity index (χ1n) is 10.9. The molecule has 1 aliphatic carbocycles. The van der Waals surface area contributed by atoms with Crippen LogP contribution >= 0.6 is 0 Å². The fourth-order valence-electron chi connectivity index (χ4n) is 4.08. The van der Waals surface area contributed by atoms with Gasteiger partial charge in [0.15, 0.2) is 11.6 Å². The van der Waals surface area contributed by atoms with Crippen molar-refractivity contribution >= 4 is 16.7 Å². The lowest BCUT2D eigenvalue weighted by Gasteiger charge is -2.22. The summed E-state index contributed by atoms with van der Waals surface area (Å²) in [4.78, 5) is 12.5. The van der Waals surface area contributed by atoms with Gasteiger partial charge in [0.05, 0.1) is 5.56 Å². The third-order valence-electron chi connectivity index (χ3n) is 5.87. The van der Waals surface area contributed by atoms with Gasteiger partial charge in [-0.3, -0.25) is 0 Å². The monoisotopic (exact) mass is 430 g/mol. The van der Waals surface area contributed by atoms with Gasteiger partial charge in [-0.1, -0.05) is 30.1 Å². The van der Waals surface area contributed by atoms with Crippen LogP contribution in [0.4, 0.5) is 8.78 Å². The summed E-state index contributed by atoms with van der Waals surface area (Å²) in [5.74, 6) is 5.62. The summed E-state index contributed by atoms with van der Waals surface area (Å²) in [7, 11) is 0. The number of ether oxygens (including phenoxy) is 1. The third kappa shape index (κ3) is 5.06. The molecule has 0 saturated heterocycles. The maximum atomic E-state index is 13.8. The van der Waals surface area contributed by atoms with E-state index in [2.05, 4.69) is 30.9 Å². The molecule has 0 aromatic heterocycles. The fraction of sp³-hybridized carbons (Fsp3) is 0.250. The molecule has 3 aromatic rings. The van der Waals surface area contributed by atoms with Gasteiger partial charge in [-0.15, -0.1) is 0 Å². The highest BCUT2D eigenvalue weighted by Gasteiger charge is 2.17. The number of halogens is 2. The van der Waals surface area contributed by atoms with Crippen LogP contribution < -0.4 is 4.74 Å². The van der Waals surface area contributed by atoms with Crippen LogP contribution in [0.15, 0.2) is 66.7 Å². The Balaban J connectivity index is 1.39. The predicted molar refractivity (Wildman–Crippen MR) is 122 cm³/mol. The van der Waals surface area contributed by atoms with Crippen molar-refractivity contribution in [3.05, 3.63) is 89.5 Å². The van der Waals surface area contributed by atoms with Gasteiger partial charge in [0, 0.05) is 16.9 Å². The molecule has 0 radical (unpaired) electrons. The Kier molecular flexibility index (Phi) is 6.66. The summed E-state index contributed by atoms with van der Waals surface area (Å²) in [6, 6.07) is 13.9. The summed E-state index contributed by atoms with van der Waals surface area (Å²) in [6.07, 6.45) is 9.03. The third-order valence-corrected chi connectivity index (χ3v) is 5.87. The number of benzene rings is 3. The molecular formula is C28H24F2O2. The predicted octanol–water partition coefficient (Wildman–Crippen LogP) is 7.07. The SMILES string of the molecule is C/C=C/C1CCC(C#Cc2ccc(C(=O)Oc3ccc4c(F)c(F)ccc4c3)cc2)CC1. The molecule has 0 aliphatic heterocycles. The van der Waals surface area contributed by atoms with E-state index in [0.717, 1.165) is 24.5 Å². The zero-order valence-corrected chi connectivity index (χ0v) is 17.9. The van der Waals surface area contributed by atoms with Crippen molar-refractivity contribution in [3.63, 3.8) is 0 Å². The number of carbonyl (C=O) groups excluding carboxylic acids is 1. The summed E-state index contributed by atoms with van der Waals surface area (Å²) >= 11 is 0. The van der Waals surface area contributed by atoms with Gasteiger partial charge < -0.3 is 4.74 Å². The second-order valence-corrected chi connectivity index (χ2v) is 8.12. The number of rotatable bonds is 3. The minimum Gasteiger partial charge on any atom is -0.423 e. The lowest BCUT2D eigenvalue weighted by Crippen LogP contribution is -2.11. The topological polar surface area (TPSA) is 26.3 Å². The van der Waals surface area contributed by atoms with E-state index < -0.39 is 17.6 Å². The minimum atomic E-state index is -0.914. The van der Waals surface area contributed by atoms with Crippen molar-refractivity contribution in [2.24, 2.45) is 11.8 Å². The molecule has 0 amide bonds. The second-order valence-electron chi connectivity index (χ2n) is 8.12. The highest BCUT2D eigenvalue weighted by Crippen LogP contribution is 2.29. The Morgan fingerprint density at radius 2 is 1.75 bits per heavy atom. The van der Waals surface area contributed by atoms with Crippen LogP contribution in [0, 0.1) is 35.3 Å². The summed E-state index contributed by atoms with van der Waals surface area (Å²) in [5.41, 5.74) is 1.26. The van der Waals surface area contributed by atoms with Crippen molar-refractivity contribution in [2.75, 3.05) is 0 Å². The molecule has 0 N–H and O–H groups in total. The maximum absolute atomic E-state index is 13.8. The van der Waals surface area contributed by atoms with E-state index in [0.29, 0.717) is 22.8 Å². The van der Waals surface area contributed by atoms with Crippen LogP contribution in [0.1, 0.15) is 48.5 Å². The van der Waals surface area contributed by atoms with Crippen molar-refractivity contribution < 1.29 is 18.3 Å². The normalized spacial score (nSPS) is 18.3. The van der Waals surface area contributed by atoms with E-state index in [4.69, 9.17) is 4.74 Å². The first-order chi connectivity index (χ1) is 15.5. The molecule has 4 heteroatoms. The smallest absolute Gasteiger partial charge is 0.343 e. The van der Waals surface area contributed by atoms with Crippen LogP contribution in [0.25, 0.3) is 10.8 Å². The molecule has 32 heavy (non-hydrogen) atoms. The summed E-state index contributed by atoms with van der Waals surface area (Å²) < 4.78 is 32.6. The molecule has 0 atom stereocenters. The van der Waals surface area contributed by atoms with Crippen molar-refractivity contribution in [1.82, 2.24) is 0 Å². The van der Waals surface area contributed by atoms with E-state index in [1.165, 1.54) is 37.1 Å². The first kappa shape index (κ1) is 21.8. The molecule has 2 nitrogen and oxygen atoms in total. The van der Waals surface area contributed by atoms with Gasteiger partial charge in [-0.2, -0.15) is 0 Å². The van der Waals surface area contributed by atoms with Gasteiger partial charge in [-0.05, 0) is 92.4 Å². The molecule has 1 fully saturated rings. The lowest BCUT2D eigenvalue weighted by atomic mass is 9.82. The van der Waals surface area contributed by atoms with Crippen molar-refractivity contribution in [1.29, 1.82) is 0 Å². The van der Waals surface area contributed by atoms with Gasteiger partial charge >= 0.3 is 5.97 Å². The van der Waals surface area contributed by atoms with E-state index in [1.807, 2.05) is 12.1 Å². The molecule has 0 bridgehead atoms. The van der Waals surface area contributed by atoms with Crippen LogP contribution in [0.3, 0.4) is 0 Å². The van der Waals surface area contributed by atoms with E-state index in [1.54, 1.807) is 12.1 Å². The number of hydrogen-bond donors (Lipinski definition) is 0. The van der Waals surface area contributed by atoms with Gasteiger partial charge in [0.1, 0.15) is 5.75 Å². The highest BCUT2D eigenvalue weighted by molar-refractivity contribution is 5.92. The molecule has 3 aromatic carbocycles. The van der Waals surface area contributed by atoms with Crippen LogP contribution in [-0.2, 0) is 0 Å². The van der Waals surface area contributed by atoms with Gasteiger partial charge in [-0.25, -0.2) is 13.6 Å². The second kappa shape index (κ2) is 9.78.